The number of likely N-dealkylation sites (N-methyl/N-ethyl adjacent to an activating group) is 1. The Morgan fingerprint density at radius 3 is 2.65 bits per heavy atom. The van der Waals surface area contributed by atoms with Crippen molar-refractivity contribution in [1.29, 1.82) is 0 Å². The number of amides is 1. The standard InChI is InChI=1S/C18H20N4O/c1-22(2)12-11-19-18(23)14-8-4-3-7-13(14)17-20-15-9-5-6-10-16(15)21-17/h3-10H,11-12H2,1-2H3,(H,19,23)(H,20,21). The van der Waals surface area contributed by atoms with Gasteiger partial charge >= 0.3 is 0 Å². The lowest BCUT2D eigenvalue weighted by atomic mass is 10.1. The van der Waals surface area contributed by atoms with Gasteiger partial charge in [-0.25, -0.2) is 4.98 Å². The van der Waals surface area contributed by atoms with E-state index in [1.807, 2.05) is 67.5 Å². The van der Waals surface area contributed by atoms with Gasteiger partial charge in [-0.2, -0.15) is 0 Å². The number of nitrogens with zero attached hydrogens (tertiary/aromatic N) is 2. The van der Waals surface area contributed by atoms with Gasteiger partial charge in [0.05, 0.1) is 16.6 Å². The Bertz CT molecular complexity index is 790. The Balaban J connectivity index is 1.89. The van der Waals surface area contributed by atoms with Crippen LogP contribution in [0, 0.1) is 0 Å². The van der Waals surface area contributed by atoms with E-state index in [1.54, 1.807) is 0 Å². The predicted octanol–water partition coefficient (Wildman–Crippen LogP) is 2.52. The van der Waals surface area contributed by atoms with E-state index in [0.29, 0.717) is 17.9 Å². The van der Waals surface area contributed by atoms with Gasteiger partial charge in [-0.05, 0) is 32.3 Å². The van der Waals surface area contributed by atoms with Gasteiger partial charge in [-0.15, -0.1) is 0 Å². The van der Waals surface area contributed by atoms with Gasteiger partial charge in [0, 0.05) is 18.7 Å². The summed E-state index contributed by atoms with van der Waals surface area (Å²) in [6.45, 7) is 1.42. The maximum Gasteiger partial charge on any atom is 0.252 e. The number of aromatic amines is 1. The fraction of sp³-hybridized carbons (Fsp3) is 0.222. The molecule has 2 N–H and O–H groups in total. The summed E-state index contributed by atoms with van der Waals surface area (Å²) in [6, 6.07) is 15.4. The highest BCUT2D eigenvalue weighted by Gasteiger charge is 2.14. The van der Waals surface area contributed by atoms with Crippen LogP contribution in [-0.4, -0.2) is 48.0 Å². The second-order valence-corrected chi connectivity index (χ2v) is 5.71. The monoisotopic (exact) mass is 308 g/mol. The number of H-pyrrole nitrogens is 1. The van der Waals surface area contributed by atoms with Crippen LogP contribution >= 0.6 is 0 Å². The third-order valence-corrected chi connectivity index (χ3v) is 3.66. The summed E-state index contributed by atoms with van der Waals surface area (Å²) in [5.74, 6) is 0.632. The van der Waals surface area contributed by atoms with Gasteiger partial charge in [0.15, 0.2) is 0 Å². The molecule has 5 nitrogen and oxygen atoms in total. The Morgan fingerprint density at radius 1 is 1.13 bits per heavy atom. The van der Waals surface area contributed by atoms with E-state index in [9.17, 15) is 4.79 Å². The number of imidazole rings is 1. The number of benzene rings is 2. The first-order valence-corrected chi connectivity index (χ1v) is 7.62. The van der Waals surface area contributed by atoms with Gasteiger partial charge in [-0.3, -0.25) is 4.79 Å². The van der Waals surface area contributed by atoms with Crippen molar-refractivity contribution in [1.82, 2.24) is 20.2 Å². The number of carbonyl (C=O) groups excluding carboxylic acids is 1. The molecule has 0 saturated carbocycles. The molecule has 3 rings (SSSR count). The lowest BCUT2D eigenvalue weighted by molar-refractivity contribution is 0.0951. The van der Waals surface area contributed by atoms with Crippen molar-refractivity contribution in [2.24, 2.45) is 0 Å². The van der Waals surface area contributed by atoms with E-state index in [1.165, 1.54) is 0 Å². The summed E-state index contributed by atoms with van der Waals surface area (Å²) >= 11 is 0. The van der Waals surface area contributed by atoms with Gasteiger partial charge in [0.2, 0.25) is 0 Å². The number of hydrogen-bond acceptors (Lipinski definition) is 3. The number of carbonyl (C=O) groups is 1. The maximum atomic E-state index is 12.5. The van der Waals surface area contributed by atoms with Crippen LogP contribution in [0.25, 0.3) is 22.4 Å². The highest BCUT2D eigenvalue weighted by atomic mass is 16.1. The molecule has 0 bridgehead atoms. The molecule has 0 radical (unpaired) electrons. The Labute approximate surface area is 135 Å². The average Bonchev–Trinajstić information content (AvgIpc) is 2.98. The van der Waals surface area contributed by atoms with E-state index in [4.69, 9.17) is 0 Å². The second kappa shape index (κ2) is 6.62. The Hall–Kier alpha value is -2.66. The first-order valence-electron chi connectivity index (χ1n) is 7.62. The van der Waals surface area contributed by atoms with Crippen molar-refractivity contribution in [3.05, 3.63) is 54.1 Å². The van der Waals surface area contributed by atoms with Crippen LogP contribution in [-0.2, 0) is 0 Å². The van der Waals surface area contributed by atoms with E-state index in [-0.39, 0.29) is 5.91 Å². The molecule has 118 valence electrons. The minimum atomic E-state index is -0.0806. The van der Waals surface area contributed by atoms with Crippen LogP contribution in [0.4, 0.5) is 0 Å². The lowest BCUT2D eigenvalue weighted by Crippen LogP contribution is -2.31. The normalized spacial score (nSPS) is 11.1. The van der Waals surface area contributed by atoms with Crippen molar-refractivity contribution in [3.63, 3.8) is 0 Å². The average molecular weight is 308 g/mol. The number of para-hydroxylation sites is 2. The van der Waals surface area contributed by atoms with Gasteiger partial charge in [-0.1, -0.05) is 30.3 Å². The van der Waals surface area contributed by atoms with E-state index < -0.39 is 0 Å². The van der Waals surface area contributed by atoms with Crippen LogP contribution in [0.15, 0.2) is 48.5 Å². The van der Waals surface area contributed by atoms with Crippen LogP contribution in [0.2, 0.25) is 0 Å². The zero-order valence-electron chi connectivity index (χ0n) is 13.3. The van der Waals surface area contributed by atoms with Crippen molar-refractivity contribution < 1.29 is 4.79 Å². The van der Waals surface area contributed by atoms with Crippen molar-refractivity contribution in [3.8, 4) is 11.4 Å². The molecular weight excluding hydrogens is 288 g/mol. The number of rotatable bonds is 5. The van der Waals surface area contributed by atoms with Gasteiger partial charge < -0.3 is 15.2 Å². The zero-order chi connectivity index (χ0) is 16.2. The minimum absolute atomic E-state index is 0.0806. The molecule has 2 aromatic carbocycles. The molecule has 1 heterocycles. The summed E-state index contributed by atoms with van der Waals surface area (Å²) in [6.07, 6.45) is 0. The molecule has 0 fully saturated rings. The Kier molecular flexibility index (Phi) is 4.39. The highest BCUT2D eigenvalue weighted by Crippen LogP contribution is 2.23. The number of hydrogen-bond donors (Lipinski definition) is 2. The van der Waals surface area contributed by atoms with Crippen molar-refractivity contribution in [2.45, 2.75) is 0 Å². The van der Waals surface area contributed by atoms with Crippen LogP contribution in [0.5, 0.6) is 0 Å². The third-order valence-electron chi connectivity index (χ3n) is 3.66. The summed E-state index contributed by atoms with van der Waals surface area (Å²) in [7, 11) is 3.96. The quantitative estimate of drug-likeness (QED) is 0.761. The minimum Gasteiger partial charge on any atom is -0.351 e. The highest BCUT2D eigenvalue weighted by molar-refractivity contribution is 6.00. The molecule has 0 aliphatic rings. The molecule has 5 heteroatoms. The smallest absolute Gasteiger partial charge is 0.252 e. The summed E-state index contributed by atoms with van der Waals surface area (Å²) in [5, 5.41) is 2.95. The van der Waals surface area contributed by atoms with Crippen molar-refractivity contribution in [2.75, 3.05) is 27.2 Å². The fourth-order valence-corrected chi connectivity index (χ4v) is 2.46. The number of fused-ring (bicyclic) bond motifs is 1. The van der Waals surface area contributed by atoms with E-state index >= 15 is 0 Å². The molecule has 23 heavy (non-hydrogen) atoms. The predicted molar refractivity (Wildman–Crippen MR) is 92.4 cm³/mol. The Morgan fingerprint density at radius 2 is 1.87 bits per heavy atom. The summed E-state index contributed by atoms with van der Waals surface area (Å²) < 4.78 is 0. The molecule has 1 aromatic heterocycles. The van der Waals surface area contributed by atoms with E-state index in [2.05, 4.69) is 15.3 Å². The molecule has 0 unspecified atom stereocenters. The van der Waals surface area contributed by atoms with Crippen molar-refractivity contribution >= 4 is 16.9 Å². The van der Waals surface area contributed by atoms with Gasteiger partial charge in [0.25, 0.3) is 5.91 Å². The third kappa shape index (κ3) is 3.40. The summed E-state index contributed by atoms with van der Waals surface area (Å²) in [4.78, 5) is 22.4. The molecular formula is C18H20N4O. The molecule has 0 saturated heterocycles. The summed E-state index contributed by atoms with van der Waals surface area (Å²) in [5.41, 5.74) is 3.30. The SMILES string of the molecule is CN(C)CCNC(=O)c1ccccc1-c1nc2ccccc2[nH]1. The van der Waals surface area contributed by atoms with Crippen LogP contribution < -0.4 is 5.32 Å². The molecule has 0 aliphatic carbocycles. The molecule has 3 aromatic rings. The molecule has 0 aliphatic heterocycles. The number of aromatic nitrogens is 2. The van der Waals surface area contributed by atoms with Crippen LogP contribution in [0.3, 0.4) is 0 Å². The largest absolute Gasteiger partial charge is 0.351 e. The maximum absolute atomic E-state index is 12.5. The first kappa shape index (κ1) is 15.2. The van der Waals surface area contributed by atoms with Gasteiger partial charge in [0.1, 0.15) is 5.82 Å². The lowest BCUT2D eigenvalue weighted by Gasteiger charge is -2.11. The second-order valence-electron chi connectivity index (χ2n) is 5.71. The molecule has 0 spiro atoms. The fourth-order valence-electron chi connectivity index (χ4n) is 2.46. The topological polar surface area (TPSA) is 61.0 Å². The zero-order valence-corrected chi connectivity index (χ0v) is 13.3. The van der Waals surface area contributed by atoms with Crippen LogP contribution in [0.1, 0.15) is 10.4 Å². The number of nitrogens with one attached hydrogen (secondary N) is 2. The first-order chi connectivity index (χ1) is 11.1. The van der Waals surface area contributed by atoms with E-state index in [0.717, 1.165) is 23.1 Å². The molecule has 0 atom stereocenters. The molecule has 1 amide bonds.